The highest BCUT2D eigenvalue weighted by Gasteiger charge is 2.25. The van der Waals surface area contributed by atoms with E-state index in [4.69, 9.17) is 4.74 Å². The van der Waals surface area contributed by atoms with E-state index in [0.717, 1.165) is 25.9 Å². The number of hydrogen-bond donors (Lipinski definition) is 1. The quantitative estimate of drug-likeness (QED) is 0.681. The van der Waals surface area contributed by atoms with E-state index in [9.17, 15) is 4.79 Å². The molecule has 0 aliphatic carbocycles. The largest absolute Gasteiger partial charge is 0.382 e. The molecule has 4 nitrogen and oxygen atoms in total. The van der Waals surface area contributed by atoms with Gasteiger partial charge in [0.1, 0.15) is 0 Å². The third-order valence-electron chi connectivity index (χ3n) is 4.85. The highest BCUT2D eigenvalue weighted by atomic mass is 32.1. The van der Waals surface area contributed by atoms with Gasteiger partial charge in [0.05, 0.1) is 6.04 Å². The molecule has 1 aliphatic heterocycles. The molecule has 1 aromatic heterocycles. The van der Waals surface area contributed by atoms with Gasteiger partial charge < -0.3 is 10.1 Å². The van der Waals surface area contributed by atoms with E-state index < -0.39 is 0 Å². The van der Waals surface area contributed by atoms with Crippen molar-refractivity contribution in [2.45, 2.75) is 38.8 Å². The molecule has 1 atom stereocenters. The maximum atomic E-state index is 12.2. The van der Waals surface area contributed by atoms with Crippen LogP contribution in [0.5, 0.6) is 0 Å². The predicted octanol–water partition coefficient (Wildman–Crippen LogP) is 3.78. The van der Waals surface area contributed by atoms with Crippen molar-refractivity contribution in [2.75, 3.05) is 26.3 Å². The summed E-state index contributed by atoms with van der Waals surface area (Å²) in [5.74, 6) is 0.110. The van der Waals surface area contributed by atoms with E-state index in [0.29, 0.717) is 26.2 Å². The average molecular weight is 373 g/mol. The van der Waals surface area contributed by atoms with Crippen LogP contribution in [-0.4, -0.2) is 37.1 Å². The number of fused-ring (bicyclic) bond motifs is 1. The highest BCUT2D eigenvalue weighted by molar-refractivity contribution is 7.10. The van der Waals surface area contributed by atoms with Crippen molar-refractivity contribution in [2.24, 2.45) is 0 Å². The molecule has 1 N–H and O–H groups in total. The SMILES string of the molecule is CCOCCCC(=O)NC[C@H](c1ccccc1)N1CCc2sccc2C1. The number of carbonyl (C=O) groups excluding carboxylic acids is 1. The molecule has 1 amide bonds. The first-order valence-corrected chi connectivity index (χ1v) is 10.3. The predicted molar refractivity (Wildman–Crippen MR) is 106 cm³/mol. The van der Waals surface area contributed by atoms with Crippen LogP contribution in [0.1, 0.15) is 41.8 Å². The van der Waals surface area contributed by atoms with Gasteiger partial charge in [0.15, 0.2) is 0 Å². The zero-order valence-corrected chi connectivity index (χ0v) is 16.3. The van der Waals surface area contributed by atoms with Crippen LogP contribution < -0.4 is 5.32 Å². The summed E-state index contributed by atoms with van der Waals surface area (Å²) in [5, 5.41) is 5.33. The molecule has 2 heterocycles. The van der Waals surface area contributed by atoms with Crippen molar-refractivity contribution in [3.05, 3.63) is 57.8 Å². The summed E-state index contributed by atoms with van der Waals surface area (Å²) in [4.78, 5) is 16.2. The lowest BCUT2D eigenvalue weighted by Gasteiger charge is -2.35. The van der Waals surface area contributed by atoms with Crippen molar-refractivity contribution in [1.82, 2.24) is 10.2 Å². The Hall–Kier alpha value is -1.69. The molecule has 140 valence electrons. The molecule has 0 bridgehead atoms. The monoisotopic (exact) mass is 372 g/mol. The van der Waals surface area contributed by atoms with Crippen LogP contribution in [0.15, 0.2) is 41.8 Å². The van der Waals surface area contributed by atoms with Crippen LogP contribution in [-0.2, 0) is 22.5 Å². The van der Waals surface area contributed by atoms with E-state index in [1.807, 2.05) is 24.3 Å². The molecule has 5 heteroatoms. The number of amides is 1. The van der Waals surface area contributed by atoms with Crippen molar-refractivity contribution in [3.63, 3.8) is 0 Å². The van der Waals surface area contributed by atoms with Gasteiger partial charge in [0, 0.05) is 44.1 Å². The summed E-state index contributed by atoms with van der Waals surface area (Å²) < 4.78 is 5.31. The molecule has 0 fully saturated rings. The number of nitrogens with zero attached hydrogens (tertiary/aromatic N) is 1. The fourth-order valence-corrected chi connectivity index (χ4v) is 4.34. The number of ether oxygens (including phenoxy) is 1. The molecule has 1 aromatic carbocycles. The highest BCUT2D eigenvalue weighted by Crippen LogP contribution is 2.30. The third kappa shape index (κ3) is 5.16. The Labute approximate surface area is 160 Å². The Kier molecular flexibility index (Phi) is 7.23. The zero-order chi connectivity index (χ0) is 18.2. The van der Waals surface area contributed by atoms with Crippen molar-refractivity contribution < 1.29 is 9.53 Å². The Morgan fingerprint density at radius 1 is 1.31 bits per heavy atom. The minimum atomic E-state index is 0.110. The average Bonchev–Trinajstić information content (AvgIpc) is 3.14. The van der Waals surface area contributed by atoms with Gasteiger partial charge in [-0.2, -0.15) is 0 Å². The number of hydrogen-bond acceptors (Lipinski definition) is 4. The lowest BCUT2D eigenvalue weighted by atomic mass is 10.0. The van der Waals surface area contributed by atoms with Crippen LogP contribution >= 0.6 is 11.3 Å². The molecule has 1 aliphatic rings. The zero-order valence-electron chi connectivity index (χ0n) is 15.4. The lowest BCUT2D eigenvalue weighted by Crippen LogP contribution is -2.40. The van der Waals surface area contributed by atoms with Crippen molar-refractivity contribution in [3.8, 4) is 0 Å². The summed E-state index contributed by atoms with van der Waals surface area (Å²) in [7, 11) is 0. The molecule has 0 radical (unpaired) electrons. The van der Waals surface area contributed by atoms with Gasteiger partial charge in [-0.3, -0.25) is 9.69 Å². The Morgan fingerprint density at radius 3 is 2.96 bits per heavy atom. The second-order valence-corrected chi connectivity index (χ2v) is 7.62. The standard InChI is InChI=1S/C21H28N2O2S/c1-2-25-13-6-9-21(24)22-15-19(17-7-4-3-5-8-17)23-12-10-20-18(16-23)11-14-26-20/h3-5,7-8,11,14,19H,2,6,9-10,12-13,15-16H2,1H3,(H,22,24)/t19-/m1/s1. The molecular weight excluding hydrogens is 344 g/mol. The van der Waals surface area contributed by atoms with Crippen molar-refractivity contribution >= 4 is 17.2 Å². The van der Waals surface area contributed by atoms with E-state index in [-0.39, 0.29) is 11.9 Å². The minimum Gasteiger partial charge on any atom is -0.382 e. The minimum absolute atomic E-state index is 0.110. The van der Waals surface area contributed by atoms with E-state index in [1.54, 1.807) is 0 Å². The van der Waals surface area contributed by atoms with Gasteiger partial charge in [0.25, 0.3) is 0 Å². The van der Waals surface area contributed by atoms with E-state index >= 15 is 0 Å². The van der Waals surface area contributed by atoms with Gasteiger partial charge >= 0.3 is 0 Å². The summed E-state index contributed by atoms with van der Waals surface area (Å²) in [6, 6.07) is 13.0. The van der Waals surface area contributed by atoms with Crippen molar-refractivity contribution in [1.29, 1.82) is 0 Å². The number of nitrogens with one attached hydrogen (secondary N) is 1. The molecular formula is C21H28N2O2S. The molecule has 0 saturated heterocycles. The summed E-state index contributed by atoms with van der Waals surface area (Å²) >= 11 is 1.86. The summed E-state index contributed by atoms with van der Waals surface area (Å²) in [6.07, 6.45) is 2.40. The maximum Gasteiger partial charge on any atom is 0.220 e. The Bertz CT molecular complexity index is 686. The molecule has 2 aromatic rings. The van der Waals surface area contributed by atoms with Crippen LogP contribution in [0, 0.1) is 0 Å². The van der Waals surface area contributed by atoms with Crippen LogP contribution in [0.25, 0.3) is 0 Å². The van der Waals surface area contributed by atoms with Crippen LogP contribution in [0.2, 0.25) is 0 Å². The number of benzene rings is 1. The first-order valence-electron chi connectivity index (χ1n) is 9.46. The Morgan fingerprint density at radius 2 is 2.15 bits per heavy atom. The molecule has 26 heavy (non-hydrogen) atoms. The molecule has 0 unspecified atom stereocenters. The second kappa shape index (κ2) is 9.86. The van der Waals surface area contributed by atoms with Gasteiger partial charge in [0.2, 0.25) is 5.91 Å². The topological polar surface area (TPSA) is 41.6 Å². The smallest absolute Gasteiger partial charge is 0.220 e. The number of carbonyl (C=O) groups is 1. The van der Waals surface area contributed by atoms with Gasteiger partial charge in [-0.15, -0.1) is 11.3 Å². The number of rotatable bonds is 9. The van der Waals surface area contributed by atoms with Crippen LogP contribution in [0.3, 0.4) is 0 Å². The summed E-state index contributed by atoms with van der Waals surface area (Å²) in [6.45, 7) is 5.97. The van der Waals surface area contributed by atoms with E-state index in [1.165, 1.54) is 16.0 Å². The van der Waals surface area contributed by atoms with Gasteiger partial charge in [-0.25, -0.2) is 0 Å². The second-order valence-electron chi connectivity index (χ2n) is 6.62. The Balaban J connectivity index is 1.61. The molecule has 0 spiro atoms. The lowest BCUT2D eigenvalue weighted by molar-refractivity contribution is -0.121. The van der Waals surface area contributed by atoms with E-state index in [2.05, 4.69) is 45.9 Å². The molecule has 0 saturated carbocycles. The fourth-order valence-electron chi connectivity index (χ4n) is 3.45. The van der Waals surface area contributed by atoms with Crippen LogP contribution in [0.4, 0.5) is 0 Å². The third-order valence-corrected chi connectivity index (χ3v) is 5.87. The normalized spacial score (nSPS) is 15.4. The first-order chi connectivity index (χ1) is 12.8. The summed E-state index contributed by atoms with van der Waals surface area (Å²) in [5.41, 5.74) is 2.70. The van der Waals surface area contributed by atoms with Gasteiger partial charge in [-0.05, 0) is 42.3 Å². The van der Waals surface area contributed by atoms with Gasteiger partial charge in [-0.1, -0.05) is 30.3 Å². The maximum absolute atomic E-state index is 12.2. The first kappa shape index (κ1) is 19.1. The molecule has 3 rings (SSSR count). The fraction of sp³-hybridized carbons (Fsp3) is 0.476. The number of thiophene rings is 1.